The maximum Gasteiger partial charge on any atom is 0.326 e. The van der Waals surface area contributed by atoms with Gasteiger partial charge in [-0.25, -0.2) is 13.6 Å². The van der Waals surface area contributed by atoms with E-state index in [1.54, 1.807) is 19.2 Å². The summed E-state index contributed by atoms with van der Waals surface area (Å²) in [5.74, 6) is -3.06. The lowest BCUT2D eigenvalue weighted by Crippen LogP contribution is -2.53. The minimum absolute atomic E-state index is 0.0810. The number of rotatable bonds is 6. The second-order valence-electron chi connectivity index (χ2n) is 11.9. The molecule has 2 atom stereocenters. The summed E-state index contributed by atoms with van der Waals surface area (Å²) in [7, 11) is 1.67. The monoisotopic (exact) mass is 551 g/mol. The van der Waals surface area contributed by atoms with E-state index in [-0.39, 0.29) is 30.2 Å². The van der Waals surface area contributed by atoms with E-state index in [0.717, 1.165) is 33.3 Å². The lowest BCUT2D eigenvalue weighted by Gasteiger charge is -2.54. The number of aromatic amines is 1. The van der Waals surface area contributed by atoms with Crippen molar-refractivity contribution in [1.82, 2.24) is 14.8 Å². The number of carboxylic acids is 1. The van der Waals surface area contributed by atoms with Crippen LogP contribution in [0.1, 0.15) is 71.6 Å². The quantitative estimate of drug-likeness (QED) is 0.397. The fraction of sp³-hybridized carbons (Fsp3) is 0.484. The minimum atomic E-state index is -2.60. The molecule has 212 valence electrons. The Morgan fingerprint density at radius 3 is 2.58 bits per heavy atom. The van der Waals surface area contributed by atoms with Crippen molar-refractivity contribution in [1.29, 1.82) is 0 Å². The van der Waals surface area contributed by atoms with Crippen molar-refractivity contribution >= 4 is 22.8 Å². The average Bonchev–Trinajstić information content (AvgIpc) is 3.60. The number of aromatic nitrogens is 1. The summed E-state index contributed by atoms with van der Waals surface area (Å²) in [6, 6.07) is 10.5. The molecule has 2 N–H and O–H groups in total. The van der Waals surface area contributed by atoms with Crippen LogP contribution in [0.5, 0.6) is 5.75 Å². The van der Waals surface area contributed by atoms with Gasteiger partial charge in [0.15, 0.2) is 0 Å². The molecule has 0 radical (unpaired) electrons. The Morgan fingerprint density at radius 2 is 1.90 bits per heavy atom. The molecule has 6 rings (SSSR count). The number of aryl methyl sites for hydroxylation is 1. The molecule has 9 heteroatoms. The SMILES string of the molecule is COc1cc(C)c2[nH]ccc2c1CN1CCC2(C[C@H]1c1ccc(C(=O)N3CCC[C@H]3C(=O)O)cc1)CC(F)(F)C2. The zero-order valence-corrected chi connectivity index (χ0v) is 22.9. The first-order chi connectivity index (χ1) is 19.1. The topological polar surface area (TPSA) is 85.9 Å². The maximum absolute atomic E-state index is 14.1. The van der Waals surface area contributed by atoms with E-state index >= 15 is 0 Å². The number of aliphatic carboxylic acids is 1. The van der Waals surface area contributed by atoms with Crippen molar-refractivity contribution in [3.8, 4) is 5.75 Å². The molecule has 40 heavy (non-hydrogen) atoms. The molecule has 7 nitrogen and oxygen atoms in total. The molecular formula is C31H35F2N3O4. The van der Waals surface area contributed by atoms with Gasteiger partial charge in [-0.2, -0.15) is 0 Å². The van der Waals surface area contributed by atoms with Gasteiger partial charge in [-0.15, -0.1) is 0 Å². The van der Waals surface area contributed by atoms with Crippen LogP contribution in [0, 0.1) is 12.3 Å². The van der Waals surface area contributed by atoms with Gasteiger partial charge < -0.3 is 19.7 Å². The van der Waals surface area contributed by atoms with Crippen LogP contribution in [0.25, 0.3) is 10.9 Å². The van der Waals surface area contributed by atoms with Gasteiger partial charge in [-0.3, -0.25) is 9.69 Å². The summed E-state index contributed by atoms with van der Waals surface area (Å²) < 4.78 is 33.9. The average molecular weight is 552 g/mol. The molecule has 3 aromatic rings. The lowest BCUT2D eigenvalue weighted by molar-refractivity contribution is -0.186. The number of nitrogens with zero attached hydrogens (tertiary/aromatic N) is 2. The van der Waals surface area contributed by atoms with E-state index < -0.39 is 17.9 Å². The van der Waals surface area contributed by atoms with Crippen LogP contribution in [0.2, 0.25) is 0 Å². The van der Waals surface area contributed by atoms with Gasteiger partial charge >= 0.3 is 5.97 Å². The predicted octanol–water partition coefficient (Wildman–Crippen LogP) is 5.93. The fourth-order valence-corrected chi connectivity index (χ4v) is 7.33. The molecule has 1 spiro atoms. The highest BCUT2D eigenvalue weighted by molar-refractivity contribution is 5.97. The molecule has 1 saturated carbocycles. The Morgan fingerprint density at radius 1 is 1.15 bits per heavy atom. The van der Waals surface area contributed by atoms with Gasteiger partial charge in [0.1, 0.15) is 11.8 Å². The lowest BCUT2D eigenvalue weighted by atomic mass is 9.59. The standard InChI is InChI=1S/C31H35F2N3O4/c1-19-14-26(40-2)23(22-9-11-34-27(19)22)16-35-13-10-30(17-31(32,33)18-30)15-25(35)20-5-7-21(8-6-20)28(37)36-12-3-4-24(36)29(38)39/h5-9,11,14,24-25,34H,3-4,10,12-13,15-18H2,1-2H3,(H,38,39)/t24-,25-/m0/s1. The number of hydrogen-bond acceptors (Lipinski definition) is 4. The zero-order valence-electron chi connectivity index (χ0n) is 22.9. The van der Waals surface area contributed by atoms with Crippen molar-refractivity contribution in [2.45, 2.75) is 70.0 Å². The Bertz CT molecular complexity index is 1440. The van der Waals surface area contributed by atoms with Gasteiger partial charge in [0.2, 0.25) is 5.92 Å². The van der Waals surface area contributed by atoms with E-state index in [9.17, 15) is 23.5 Å². The van der Waals surface area contributed by atoms with Crippen LogP contribution in [-0.4, -0.2) is 63.9 Å². The van der Waals surface area contributed by atoms with Gasteiger partial charge in [-0.05, 0) is 80.0 Å². The largest absolute Gasteiger partial charge is 0.496 e. The normalized spacial score (nSPS) is 23.9. The maximum atomic E-state index is 14.1. The summed E-state index contributed by atoms with van der Waals surface area (Å²) in [5, 5.41) is 10.6. The van der Waals surface area contributed by atoms with E-state index in [4.69, 9.17) is 4.74 Å². The number of piperidine rings is 1. The number of nitrogens with one attached hydrogen (secondary N) is 1. The number of methoxy groups -OCH3 is 1. The number of hydrogen-bond donors (Lipinski definition) is 2. The van der Waals surface area contributed by atoms with Crippen molar-refractivity contribution in [3.63, 3.8) is 0 Å². The summed E-state index contributed by atoms with van der Waals surface area (Å²) in [6.45, 7) is 3.75. The summed E-state index contributed by atoms with van der Waals surface area (Å²) >= 11 is 0. The molecule has 1 aromatic heterocycles. The Kier molecular flexibility index (Phi) is 6.60. The number of likely N-dealkylation sites (tertiary alicyclic amines) is 2. The molecule has 2 aromatic carbocycles. The number of alkyl halides is 2. The first-order valence-corrected chi connectivity index (χ1v) is 14.0. The number of carbonyl (C=O) groups is 2. The van der Waals surface area contributed by atoms with Crippen LogP contribution in [0.15, 0.2) is 42.6 Å². The van der Waals surface area contributed by atoms with E-state index in [1.165, 1.54) is 4.90 Å². The fourth-order valence-electron chi connectivity index (χ4n) is 7.33. The van der Waals surface area contributed by atoms with E-state index in [2.05, 4.69) is 16.0 Å². The third-order valence-corrected chi connectivity index (χ3v) is 9.30. The van der Waals surface area contributed by atoms with Crippen LogP contribution in [0.3, 0.4) is 0 Å². The van der Waals surface area contributed by atoms with Crippen molar-refractivity contribution < 1.29 is 28.2 Å². The van der Waals surface area contributed by atoms with Gasteiger partial charge in [0, 0.05) is 60.2 Å². The first kappa shape index (κ1) is 26.7. The molecular weight excluding hydrogens is 516 g/mol. The molecule has 2 saturated heterocycles. The highest BCUT2D eigenvalue weighted by Gasteiger charge is 2.58. The second-order valence-corrected chi connectivity index (χ2v) is 11.9. The van der Waals surface area contributed by atoms with Crippen molar-refractivity contribution in [3.05, 3.63) is 64.8 Å². The Balaban J connectivity index is 1.30. The van der Waals surface area contributed by atoms with Crippen LogP contribution < -0.4 is 4.74 Å². The second kappa shape index (κ2) is 9.87. The zero-order chi connectivity index (χ0) is 28.2. The summed E-state index contributed by atoms with van der Waals surface area (Å²) in [5.41, 5.74) is 4.24. The smallest absolute Gasteiger partial charge is 0.326 e. The number of H-pyrrole nitrogens is 1. The molecule has 0 bridgehead atoms. The number of halogens is 2. The number of amides is 1. The minimum Gasteiger partial charge on any atom is -0.496 e. The Labute approximate surface area is 232 Å². The molecule has 3 heterocycles. The van der Waals surface area contributed by atoms with Crippen LogP contribution in [0.4, 0.5) is 8.78 Å². The van der Waals surface area contributed by atoms with Crippen LogP contribution in [-0.2, 0) is 11.3 Å². The van der Waals surface area contributed by atoms with Crippen molar-refractivity contribution in [2.24, 2.45) is 5.41 Å². The number of carbonyl (C=O) groups excluding carboxylic acids is 1. The summed E-state index contributed by atoms with van der Waals surface area (Å²) in [4.78, 5) is 31.8. The Hall–Kier alpha value is -3.46. The highest BCUT2D eigenvalue weighted by Crippen LogP contribution is 2.60. The molecule has 2 aliphatic heterocycles. The number of benzene rings is 2. The molecule has 3 fully saturated rings. The number of ether oxygens (including phenoxy) is 1. The van der Waals surface area contributed by atoms with Gasteiger partial charge in [0.25, 0.3) is 5.91 Å². The first-order valence-electron chi connectivity index (χ1n) is 14.0. The van der Waals surface area contributed by atoms with Gasteiger partial charge in [0.05, 0.1) is 7.11 Å². The molecule has 1 aliphatic carbocycles. The van der Waals surface area contributed by atoms with E-state index in [1.807, 2.05) is 31.3 Å². The number of fused-ring (bicyclic) bond motifs is 1. The third kappa shape index (κ3) is 4.64. The molecule has 0 unspecified atom stereocenters. The van der Waals surface area contributed by atoms with Crippen LogP contribution >= 0.6 is 0 Å². The van der Waals surface area contributed by atoms with Gasteiger partial charge in [-0.1, -0.05) is 12.1 Å². The molecule has 1 amide bonds. The highest BCUT2D eigenvalue weighted by atomic mass is 19.3. The number of carboxylic acid groups (broad SMARTS) is 1. The van der Waals surface area contributed by atoms with E-state index in [0.29, 0.717) is 50.9 Å². The van der Waals surface area contributed by atoms with Crippen molar-refractivity contribution in [2.75, 3.05) is 20.2 Å². The third-order valence-electron chi connectivity index (χ3n) is 9.30. The molecule has 3 aliphatic rings. The predicted molar refractivity (Wildman–Crippen MR) is 147 cm³/mol. The summed E-state index contributed by atoms with van der Waals surface area (Å²) in [6.07, 6.45) is 4.22.